The van der Waals surface area contributed by atoms with Gasteiger partial charge in [0.25, 0.3) is 0 Å². The Morgan fingerprint density at radius 1 is 0.395 bits per heavy atom. The van der Waals surface area contributed by atoms with E-state index < -0.39 is 0 Å². The van der Waals surface area contributed by atoms with Gasteiger partial charge in [-0.05, 0) is 63.4 Å². The number of hydrogen-bond donors (Lipinski definition) is 0. The topological polar surface area (TPSA) is 64.7 Å². The minimum atomic E-state index is 0.493. The van der Waals surface area contributed by atoms with Crippen molar-refractivity contribution >= 4 is 21.7 Å². The number of hydrogen-bond acceptors (Lipinski definition) is 5. The molecule has 43 heavy (non-hydrogen) atoms. The SMILES string of the molecule is c1ccc(-c2ccc3cc(-c4nc(-c5ccc(-c6cccnc6)cc5)nc(-c5cc6ccccc6o5)n4)ccc3c2)cc1. The molecular formula is C38H24N4O. The highest BCUT2D eigenvalue weighted by Gasteiger charge is 2.16. The molecule has 0 unspecified atom stereocenters. The molecule has 0 spiro atoms. The van der Waals surface area contributed by atoms with Crippen LogP contribution in [0, 0.1) is 0 Å². The van der Waals surface area contributed by atoms with E-state index in [0.29, 0.717) is 23.2 Å². The van der Waals surface area contributed by atoms with E-state index in [2.05, 4.69) is 77.8 Å². The van der Waals surface area contributed by atoms with Gasteiger partial charge in [-0.2, -0.15) is 0 Å². The minimum Gasteiger partial charge on any atom is -0.453 e. The summed E-state index contributed by atoms with van der Waals surface area (Å²) >= 11 is 0. The normalized spacial score (nSPS) is 11.3. The first-order valence-electron chi connectivity index (χ1n) is 14.1. The predicted molar refractivity (Wildman–Crippen MR) is 172 cm³/mol. The van der Waals surface area contributed by atoms with Gasteiger partial charge in [0.15, 0.2) is 23.2 Å². The second-order valence-corrected chi connectivity index (χ2v) is 10.4. The molecule has 0 N–H and O–H groups in total. The van der Waals surface area contributed by atoms with Gasteiger partial charge in [0.2, 0.25) is 0 Å². The van der Waals surface area contributed by atoms with Crippen molar-refractivity contribution in [1.29, 1.82) is 0 Å². The summed E-state index contributed by atoms with van der Waals surface area (Å²) in [5.74, 6) is 2.27. The molecule has 0 radical (unpaired) electrons. The molecule has 5 nitrogen and oxygen atoms in total. The van der Waals surface area contributed by atoms with Crippen LogP contribution in [0.2, 0.25) is 0 Å². The van der Waals surface area contributed by atoms with E-state index in [-0.39, 0.29) is 0 Å². The zero-order valence-corrected chi connectivity index (χ0v) is 23.1. The number of aromatic nitrogens is 4. The van der Waals surface area contributed by atoms with Crippen LogP contribution in [0.1, 0.15) is 0 Å². The summed E-state index contributed by atoms with van der Waals surface area (Å²) in [4.78, 5) is 19.0. The standard InChI is InChI=1S/C38H24N4O/c1-2-7-25(8-3-1)28-16-17-30-22-32(19-18-29(30)21-28)37-40-36(27-14-12-26(13-15-27)33-10-6-20-39-24-33)41-38(42-37)35-23-31-9-4-5-11-34(31)43-35/h1-24H. The van der Waals surface area contributed by atoms with Gasteiger partial charge in [0.1, 0.15) is 5.58 Å². The molecule has 8 aromatic rings. The van der Waals surface area contributed by atoms with Crippen LogP contribution in [-0.4, -0.2) is 19.9 Å². The Bertz CT molecular complexity index is 2190. The summed E-state index contributed by atoms with van der Waals surface area (Å²) in [7, 11) is 0. The molecule has 0 bridgehead atoms. The molecule has 3 aromatic heterocycles. The summed E-state index contributed by atoms with van der Waals surface area (Å²) in [5, 5.41) is 3.27. The lowest BCUT2D eigenvalue weighted by Gasteiger charge is -2.09. The smallest absolute Gasteiger partial charge is 0.199 e. The van der Waals surface area contributed by atoms with Crippen molar-refractivity contribution in [1.82, 2.24) is 19.9 Å². The van der Waals surface area contributed by atoms with Gasteiger partial charge in [-0.25, -0.2) is 15.0 Å². The molecule has 0 amide bonds. The van der Waals surface area contributed by atoms with Gasteiger partial charge in [0, 0.05) is 28.9 Å². The first kappa shape index (κ1) is 24.8. The Kier molecular flexibility index (Phi) is 6.05. The lowest BCUT2D eigenvalue weighted by atomic mass is 10.00. The van der Waals surface area contributed by atoms with Gasteiger partial charge in [-0.3, -0.25) is 4.98 Å². The average Bonchev–Trinajstić information content (AvgIpc) is 3.53. The number of rotatable bonds is 5. The van der Waals surface area contributed by atoms with Crippen molar-refractivity contribution in [3.63, 3.8) is 0 Å². The monoisotopic (exact) mass is 552 g/mol. The fourth-order valence-electron chi connectivity index (χ4n) is 5.38. The van der Waals surface area contributed by atoms with Crippen molar-refractivity contribution < 1.29 is 4.42 Å². The Labute approximate surface area is 248 Å². The van der Waals surface area contributed by atoms with Crippen LogP contribution in [0.25, 0.3) is 78.4 Å². The Morgan fingerprint density at radius 3 is 1.77 bits per heavy atom. The minimum absolute atomic E-state index is 0.493. The van der Waals surface area contributed by atoms with Crippen molar-refractivity contribution in [2.75, 3.05) is 0 Å². The number of para-hydroxylation sites is 1. The molecule has 0 saturated heterocycles. The second-order valence-electron chi connectivity index (χ2n) is 10.4. The molecule has 0 fully saturated rings. The van der Waals surface area contributed by atoms with Gasteiger partial charge >= 0.3 is 0 Å². The Balaban J connectivity index is 1.23. The van der Waals surface area contributed by atoms with E-state index >= 15 is 0 Å². The Morgan fingerprint density at radius 2 is 1.00 bits per heavy atom. The van der Waals surface area contributed by atoms with Crippen LogP contribution < -0.4 is 0 Å². The largest absolute Gasteiger partial charge is 0.453 e. The molecule has 0 aliphatic rings. The summed E-state index contributed by atoms with van der Waals surface area (Å²) in [6.07, 6.45) is 3.64. The van der Waals surface area contributed by atoms with E-state index in [1.165, 1.54) is 11.1 Å². The number of benzene rings is 5. The first-order valence-corrected chi connectivity index (χ1v) is 14.1. The highest BCUT2D eigenvalue weighted by molar-refractivity contribution is 5.90. The van der Waals surface area contributed by atoms with Crippen molar-refractivity contribution in [3.8, 4) is 56.6 Å². The third kappa shape index (κ3) is 4.83. The number of nitrogens with zero attached hydrogens (tertiary/aromatic N) is 4. The molecule has 202 valence electrons. The van der Waals surface area contributed by atoms with Gasteiger partial charge in [-0.15, -0.1) is 0 Å². The van der Waals surface area contributed by atoms with Crippen molar-refractivity contribution in [2.24, 2.45) is 0 Å². The number of pyridine rings is 1. The zero-order valence-electron chi connectivity index (χ0n) is 23.1. The fraction of sp³-hybridized carbons (Fsp3) is 0. The molecule has 0 aliphatic carbocycles. The van der Waals surface area contributed by atoms with Gasteiger partial charge < -0.3 is 4.42 Å². The number of fused-ring (bicyclic) bond motifs is 2. The predicted octanol–water partition coefficient (Wildman–Crippen LogP) is 9.50. The zero-order chi connectivity index (χ0) is 28.6. The third-order valence-corrected chi connectivity index (χ3v) is 7.62. The second kappa shape index (κ2) is 10.5. The highest BCUT2D eigenvalue weighted by atomic mass is 16.3. The molecule has 3 heterocycles. The third-order valence-electron chi connectivity index (χ3n) is 7.62. The van der Waals surface area contributed by atoms with E-state index in [9.17, 15) is 0 Å². The summed E-state index contributed by atoms with van der Waals surface area (Å²) < 4.78 is 6.18. The van der Waals surface area contributed by atoms with Gasteiger partial charge in [0.05, 0.1) is 0 Å². The molecule has 0 saturated carbocycles. The summed E-state index contributed by atoms with van der Waals surface area (Å²) in [6.45, 7) is 0. The summed E-state index contributed by atoms with van der Waals surface area (Å²) in [5.41, 5.74) is 7.11. The first-order chi connectivity index (χ1) is 21.3. The average molecular weight is 553 g/mol. The molecular weight excluding hydrogens is 528 g/mol. The van der Waals surface area contributed by atoms with E-state index in [4.69, 9.17) is 19.4 Å². The summed E-state index contributed by atoms with van der Waals surface area (Å²) in [6, 6.07) is 45.4. The fourth-order valence-corrected chi connectivity index (χ4v) is 5.38. The molecule has 0 atom stereocenters. The maximum absolute atomic E-state index is 6.18. The molecule has 5 aromatic carbocycles. The maximum Gasteiger partial charge on any atom is 0.199 e. The van der Waals surface area contributed by atoms with E-state index in [1.54, 1.807) is 6.20 Å². The van der Waals surface area contributed by atoms with Crippen molar-refractivity contribution in [3.05, 3.63) is 146 Å². The van der Waals surface area contributed by atoms with Gasteiger partial charge in [-0.1, -0.05) is 103 Å². The maximum atomic E-state index is 6.18. The van der Waals surface area contributed by atoms with E-state index in [1.807, 2.05) is 66.9 Å². The van der Waals surface area contributed by atoms with Crippen LogP contribution in [0.15, 0.2) is 150 Å². The quantitative estimate of drug-likeness (QED) is 0.213. The van der Waals surface area contributed by atoms with Crippen molar-refractivity contribution in [2.45, 2.75) is 0 Å². The van der Waals surface area contributed by atoms with Crippen LogP contribution in [0.4, 0.5) is 0 Å². The lowest BCUT2D eigenvalue weighted by Crippen LogP contribution is -1.99. The van der Waals surface area contributed by atoms with Crippen LogP contribution in [-0.2, 0) is 0 Å². The Hall–Kier alpha value is -5.94. The lowest BCUT2D eigenvalue weighted by molar-refractivity contribution is 0.625. The van der Waals surface area contributed by atoms with E-state index in [0.717, 1.165) is 44.0 Å². The van der Waals surface area contributed by atoms with Crippen LogP contribution in [0.5, 0.6) is 0 Å². The van der Waals surface area contributed by atoms with Crippen LogP contribution >= 0.6 is 0 Å². The molecule has 5 heteroatoms. The molecule has 0 aliphatic heterocycles. The molecule has 8 rings (SSSR count). The number of furan rings is 1. The van der Waals surface area contributed by atoms with Crippen LogP contribution in [0.3, 0.4) is 0 Å². The highest BCUT2D eigenvalue weighted by Crippen LogP contribution is 2.32.